The highest BCUT2D eigenvalue weighted by atomic mass is 28.4. The van der Waals surface area contributed by atoms with Gasteiger partial charge in [0.1, 0.15) is 0 Å². The van der Waals surface area contributed by atoms with E-state index in [0.29, 0.717) is 0 Å². The van der Waals surface area contributed by atoms with E-state index in [1.54, 1.807) is 0 Å². The van der Waals surface area contributed by atoms with Gasteiger partial charge in [-0.15, -0.1) is 0 Å². The average Bonchev–Trinajstić information content (AvgIpc) is 2.70. The Bertz CT molecular complexity index is 576. The molecule has 0 radical (unpaired) electrons. The maximum absolute atomic E-state index is 6.24. The topological polar surface area (TPSA) is 23.4 Å². The predicted molar refractivity (Wildman–Crippen MR) is 97.9 cm³/mol. The third kappa shape index (κ3) is 5.07. The van der Waals surface area contributed by atoms with E-state index in [1.165, 1.54) is 5.56 Å². The Hall–Kier alpha value is -1.47. The maximum atomic E-state index is 6.24. The minimum absolute atomic E-state index is 0.771. The first kappa shape index (κ1) is 16.9. The van der Waals surface area contributed by atoms with Crippen LogP contribution >= 0.6 is 0 Å². The monoisotopic (exact) mass is 333 g/mol. The largest absolute Gasteiger partial charge is 0.533 e. The van der Waals surface area contributed by atoms with Gasteiger partial charge < -0.3 is 8.85 Å². The molecule has 2 rings (SSSR count). The fourth-order valence-electron chi connectivity index (χ4n) is 2.16. The minimum Gasteiger partial charge on any atom is -0.533 e. The smallest absolute Gasteiger partial charge is 0.244 e. The summed E-state index contributed by atoms with van der Waals surface area (Å²) >= 11 is 0. The summed E-state index contributed by atoms with van der Waals surface area (Å²) in [4.78, 5) is 0. The van der Waals surface area contributed by atoms with E-state index < -0.39 is 16.6 Å². The molecule has 0 aliphatic carbocycles. The Kier molecular flexibility index (Phi) is 4.87. The van der Waals surface area contributed by atoms with Gasteiger partial charge in [-0.25, -0.2) is 0 Å². The van der Waals surface area contributed by atoms with Crippen LogP contribution in [0.25, 0.3) is 0 Å². The van der Waals surface area contributed by atoms with Crippen LogP contribution in [0, 0.1) is 0 Å². The average molecular weight is 334 g/mol. The van der Waals surface area contributed by atoms with Crippen molar-refractivity contribution in [1.82, 2.24) is 4.57 Å². The molecule has 0 saturated carbocycles. The van der Waals surface area contributed by atoms with Gasteiger partial charge in [0, 0.05) is 12.1 Å². The molecule has 0 N–H and O–H groups in total. The van der Waals surface area contributed by atoms with Crippen molar-refractivity contribution in [3.05, 3.63) is 48.0 Å². The van der Waals surface area contributed by atoms with Crippen molar-refractivity contribution in [2.75, 3.05) is 0 Å². The van der Waals surface area contributed by atoms with Gasteiger partial charge in [-0.2, -0.15) is 0 Å². The second kappa shape index (κ2) is 6.34. The van der Waals surface area contributed by atoms with Gasteiger partial charge in [0.25, 0.3) is 0 Å². The lowest BCUT2D eigenvalue weighted by Crippen LogP contribution is -2.32. The van der Waals surface area contributed by atoms with Crippen LogP contribution in [0.15, 0.2) is 42.5 Å². The van der Waals surface area contributed by atoms with Crippen LogP contribution in [-0.2, 0) is 6.54 Å². The zero-order valence-electron chi connectivity index (χ0n) is 14.5. The van der Waals surface area contributed by atoms with Crippen LogP contribution in [0.4, 0.5) is 0 Å². The van der Waals surface area contributed by atoms with E-state index in [4.69, 9.17) is 8.85 Å². The number of nitrogens with zero attached hydrogens (tertiary/aromatic N) is 1. The van der Waals surface area contributed by atoms with E-state index >= 15 is 0 Å². The molecule has 1 aromatic carbocycles. The van der Waals surface area contributed by atoms with Crippen LogP contribution in [0.1, 0.15) is 5.56 Å². The molecule has 0 atom stereocenters. The summed E-state index contributed by atoms with van der Waals surface area (Å²) in [6.07, 6.45) is 0. The SMILES string of the molecule is C[Si](C)(C)Oc1ccc(O[Si](C)(C)C)n1Cc1ccccc1. The highest BCUT2D eigenvalue weighted by Gasteiger charge is 2.23. The van der Waals surface area contributed by atoms with Crippen LogP contribution in [0.3, 0.4) is 0 Å². The van der Waals surface area contributed by atoms with Gasteiger partial charge in [0.05, 0.1) is 6.54 Å². The van der Waals surface area contributed by atoms with Crippen molar-refractivity contribution < 1.29 is 8.85 Å². The zero-order chi connectivity index (χ0) is 16.4. The number of hydrogen-bond donors (Lipinski definition) is 0. The molecular formula is C17H27NO2Si2. The second-order valence-electron chi connectivity index (χ2n) is 7.51. The van der Waals surface area contributed by atoms with E-state index in [9.17, 15) is 0 Å². The van der Waals surface area contributed by atoms with Crippen molar-refractivity contribution in [3.8, 4) is 11.8 Å². The van der Waals surface area contributed by atoms with Crippen molar-refractivity contribution in [2.24, 2.45) is 0 Å². The fourth-order valence-corrected chi connectivity index (χ4v) is 3.77. The van der Waals surface area contributed by atoms with Crippen molar-refractivity contribution >= 4 is 16.6 Å². The quantitative estimate of drug-likeness (QED) is 0.697. The summed E-state index contributed by atoms with van der Waals surface area (Å²) in [6, 6.07) is 14.5. The molecular weight excluding hydrogens is 306 g/mol. The molecule has 0 aliphatic rings. The van der Waals surface area contributed by atoms with E-state index in [1.807, 2.05) is 18.2 Å². The lowest BCUT2D eigenvalue weighted by molar-refractivity contribution is 0.448. The van der Waals surface area contributed by atoms with Gasteiger partial charge in [-0.05, 0) is 44.8 Å². The molecule has 5 heteroatoms. The number of hydrogen-bond acceptors (Lipinski definition) is 2. The van der Waals surface area contributed by atoms with E-state index in [2.05, 4.69) is 68.1 Å². The molecule has 1 aromatic heterocycles. The Morgan fingerprint density at radius 2 is 1.18 bits per heavy atom. The van der Waals surface area contributed by atoms with Gasteiger partial charge >= 0.3 is 0 Å². The van der Waals surface area contributed by atoms with Gasteiger partial charge in [0.2, 0.25) is 16.6 Å². The molecule has 120 valence electrons. The second-order valence-corrected chi connectivity index (χ2v) is 16.4. The van der Waals surface area contributed by atoms with Crippen molar-refractivity contribution in [3.63, 3.8) is 0 Å². The van der Waals surface area contributed by atoms with Gasteiger partial charge in [-0.3, -0.25) is 4.57 Å². The lowest BCUT2D eigenvalue weighted by atomic mass is 10.2. The third-order valence-corrected chi connectivity index (χ3v) is 4.55. The molecule has 1 heterocycles. The molecule has 0 spiro atoms. The molecule has 0 aliphatic heterocycles. The summed E-state index contributed by atoms with van der Waals surface area (Å²) in [5, 5.41) is 0. The summed E-state index contributed by atoms with van der Waals surface area (Å²) in [6.45, 7) is 14.0. The molecule has 0 bridgehead atoms. The van der Waals surface area contributed by atoms with E-state index in [0.717, 1.165) is 18.3 Å². The Balaban J connectivity index is 2.34. The number of rotatable bonds is 6. The first-order valence-corrected chi connectivity index (χ1v) is 14.6. The highest BCUT2D eigenvalue weighted by molar-refractivity contribution is 6.70. The Morgan fingerprint density at radius 1 is 0.727 bits per heavy atom. The zero-order valence-corrected chi connectivity index (χ0v) is 16.5. The molecule has 3 nitrogen and oxygen atoms in total. The first-order valence-electron chi connectivity index (χ1n) is 7.75. The molecule has 0 saturated heterocycles. The number of aromatic nitrogens is 1. The van der Waals surface area contributed by atoms with Crippen LogP contribution in [0.2, 0.25) is 39.3 Å². The summed E-state index contributed by atoms with van der Waals surface area (Å²) in [5.74, 6) is 1.83. The molecule has 2 aromatic rings. The van der Waals surface area contributed by atoms with Crippen LogP contribution in [-0.4, -0.2) is 21.2 Å². The normalized spacial score (nSPS) is 12.3. The van der Waals surface area contributed by atoms with Crippen LogP contribution in [0.5, 0.6) is 11.8 Å². The number of benzene rings is 1. The first-order chi connectivity index (χ1) is 10.1. The fraction of sp³-hybridized carbons (Fsp3) is 0.412. The van der Waals surface area contributed by atoms with E-state index in [-0.39, 0.29) is 0 Å². The molecule has 22 heavy (non-hydrogen) atoms. The molecule has 0 unspecified atom stereocenters. The standard InChI is InChI=1S/C17H27NO2Si2/c1-21(2,3)19-16-12-13-17(20-22(4,5)6)18(16)14-15-10-8-7-9-11-15/h7-13H,14H2,1-6H3. The molecule has 0 amide bonds. The van der Waals surface area contributed by atoms with Crippen molar-refractivity contribution in [2.45, 2.75) is 45.8 Å². The summed E-state index contributed by atoms with van der Waals surface area (Å²) in [5.41, 5.74) is 1.25. The highest BCUT2D eigenvalue weighted by Crippen LogP contribution is 2.29. The lowest BCUT2D eigenvalue weighted by Gasteiger charge is -2.24. The maximum Gasteiger partial charge on any atom is 0.244 e. The minimum atomic E-state index is -1.66. The summed E-state index contributed by atoms with van der Waals surface area (Å²) in [7, 11) is -3.31. The Morgan fingerprint density at radius 3 is 1.59 bits per heavy atom. The summed E-state index contributed by atoms with van der Waals surface area (Å²) < 4.78 is 14.6. The van der Waals surface area contributed by atoms with Crippen LogP contribution < -0.4 is 8.85 Å². The predicted octanol–water partition coefficient (Wildman–Crippen LogP) is 4.96. The third-order valence-electron chi connectivity index (χ3n) is 2.91. The van der Waals surface area contributed by atoms with Gasteiger partial charge in [-0.1, -0.05) is 30.3 Å². The molecule has 0 fully saturated rings. The Labute approximate surface area is 136 Å². The van der Waals surface area contributed by atoms with Gasteiger partial charge in [0.15, 0.2) is 11.8 Å². The van der Waals surface area contributed by atoms with Crippen molar-refractivity contribution in [1.29, 1.82) is 0 Å².